The fourth-order valence-electron chi connectivity index (χ4n) is 1.45. The second-order valence-electron chi connectivity index (χ2n) is 5.38. The van der Waals surface area contributed by atoms with Crippen molar-refractivity contribution in [2.45, 2.75) is 65.0 Å². The van der Waals surface area contributed by atoms with Crippen LogP contribution in [0.25, 0.3) is 0 Å². The smallest absolute Gasteiger partial charge is 0.222 e. The van der Waals surface area contributed by atoms with Crippen LogP contribution in [-0.2, 0) is 4.79 Å². The first-order valence-corrected chi connectivity index (χ1v) is 6.54. The highest BCUT2D eigenvalue weighted by Gasteiger charge is 2.20. The van der Waals surface area contributed by atoms with E-state index in [-0.39, 0.29) is 17.9 Å². The monoisotopic (exact) mass is 244 g/mol. The van der Waals surface area contributed by atoms with Crippen molar-refractivity contribution >= 4 is 5.91 Å². The second kappa shape index (κ2) is 7.67. The molecule has 4 N–H and O–H groups in total. The van der Waals surface area contributed by atoms with Crippen molar-refractivity contribution in [1.29, 1.82) is 0 Å². The molecule has 0 bridgehead atoms. The summed E-state index contributed by atoms with van der Waals surface area (Å²) in [5.74, 6) is 0.00445. The highest BCUT2D eigenvalue weighted by molar-refractivity contribution is 5.78. The molecule has 17 heavy (non-hydrogen) atoms. The summed E-state index contributed by atoms with van der Waals surface area (Å²) >= 11 is 0. The molecule has 0 spiro atoms. The van der Waals surface area contributed by atoms with Crippen molar-refractivity contribution in [3.63, 3.8) is 0 Å². The van der Waals surface area contributed by atoms with Gasteiger partial charge in [-0.25, -0.2) is 0 Å². The lowest BCUT2D eigenvalue weighted by atomic mass is 10.00. The van der Waals surface area contributed by atoms with E-state index in [1.165, 1.54) is 0 Å². The third-order valence-electron chi connectivity index (χ3n) is 3.15. The van der Waals surface area contributed by atoms with Crippen LogP contribution in [0.4, 0.5) is 0 Å². The van der Waals surface area contributed by atoms with Crippen LogP contribution in [0, 0.1) is 5.92 Å². The Morgan fingerprint density at radius 1 is 1.41 bits per heavy atom. The Hall–Kier alpha value is -0.610. The highest BCUT2D eigenvalue weighted by Crippen LogP contribution is 2.10. The van der Waals surface area contributed by atoms with E-state index >= 15 is 0 Å². The van der Waals surface area contributed by atoms with Crippen LogP contribution < -0.4 is 11.1 Å². The summed E-state index contributed by atoms with van der Waals surface area (Å²) in [7, 11) is 0. The van der Waals surface area contributed by atoms with Gasteiger partial charge in [-0.2, -0.15) is 0 Å². The van der Waals surface area contributed by atoms with E-state index in [4.69, 9.17) is 5.73 Å². The Bertz CT molecular complexity index is 227. The first-order valence-electron chi connectivity index (χ1n) is 6.54. The Balaban J connectivity index is 3.82. The average Bonchev–Trinajstić information content (AvgIpc) is 2.25. The van der Waals surface area contributed by atoms with Crippen LogP contribution in [0.2, 0.25) is 0 Å². The van der Waals surface area contributed by atoms with Crippen molar-refractivity contribution in [3.05, 3.63) is 0 Å². The maximum atomic E-state index is 11.7. The van der Waals surface area contributed by atoms with E-state index in [2.05, 4.69) is 5.32 Å². The van der Waals surface area contributed by atoms with Crippen LogP contribution in [-0.4, -0.2) is 29.2 Å². The van der Waals surface area contributed by atoms with Crippen LogP contribution in [0.15, 0.2) is 0 Å². The van der Waals surface area contributed by atoms with E-state index in [1.807, 2.05) is 20.8 Å². The Morgan fingerprint density at radius 2 is 2.00 bits per heavy atom. The fourth-order valence-corrected chi connectivity index (χ4v) is 1.45. The molecule has 102 valence electrons. The molecule has 0 aliphatic rings. The van der Waals surface area contributed by atoms with Gasteiger partial charge in [0.1, 0.15) is 0 Å². The fraction of sp³-hybridized carbons (Fsp3) is 0.923. The van der Waals surface area contributed by atoms with Gasteiger partial charge in [-0.05, 0) is 33.1 Å². The zero-order valence-electron chi connectivity index (χ0n) is 11.6. The minimum Gasteiger partial charge on any atom is -0.388 e. The van der Waals surface area contributed by atoms with Crippen molar-refractivity contribution in [3.8, 4) is 0 Å². The van der Waals surface area contributed by atoms with Crippen LogP contribution in [0.5, 0.6) is 0 Å². The minimum absolute atomic E-state index is 0.0126. The van der Waals surface area contributed by atoms with Gasteiger partial charge in [-0.3, -0.25) is 4.79 Å². The van der Waals surface area contributed by atoms with Crippen molar-refractivity contribution in [2.24, 2.45) is 11.7 Å². The van der Waals surface area contributed by atoms with Gasteiger partial charge in [0.2, 0.25) is 5.91 Å². The van der Waals surface area contributed by atoms with Crippen LogP contribution >= 0.6 is 0 Å². The lowest BCUT2D eigenvalue weighted by Gasteiger charge is -2.22. The number of hydrogen-bond acceptors (Lipinski definition) is 3. The van der Waals surface area contributed by atoms with Gasteiger partial charge in [0, 0.05) is 18.5 Å². The predicted octanol–water partition coefficient (Wildman–Crippen LogP) is 1.42. The topological polar surface area (TPSA) is 75.3 Å². The summed E-state index contributed by atoms with van der Waals surface area (Å²) in [6, 6.07) is 0.200. The van der Waals surface area contributed by atoms with Gasteiger partial charge < -0.3 is 16.2 Å². The Labute approximate surface area is 105 Å². The van der Waals surface area contributed by atoms with E-state index in [0.29, 0.717) is 13.0 Å². The molecule has 1 amide bonds. The molecular weight excluding hydrogens is 216 g/mol. The maximum Gasteiger partial charge on any atom is 0.222 e. The largest absolute Gasteiger partial charge is 0.388 e. The zero-order chi connectivity index (χ0) is 13.5. The number of nitrogens with one attached hydrogen (secondary N) is 1. The quantitative estimate of drug-likeness (QED) is 0.604. The number of amides is 1. The lowest BCUT2D eigenvalue weighted by molar-refractivity contribution is -0.125. The van der Waals surface area contributed by atoms with E-state index in [0.717, 1.165) is 19.3 Å². The SMILES string of the molecule is CCC(C)(O)CNC(=O)C(C)CCCC(C)N. The molecule has 0 aromatic rings. The molecule has 0 aliphatic heterocycles. The molecule has 0 radical (unpaired) electrons. The molecule has 4 nitrogen and oxygen atoms in total. The number of rotatable bonds is 8. The van der Waals surface area contributed by atoms with Gasteiger partial charge in [-0.15, -0.1) is 0 Å². The summed E-state index contributed by atoms with van der Waals surface area (Å²) in [4.78, 5) is 11.7. The molecule has 0 aliphatic carbocycles. The van der Waals surface area contributed by atoms with Crippen molar-refractivity contribution in [2.75, 3.05) is 6.54 Å². The maximum absolute atomic E-state index is 11.7. The lowest BCUT2D eigenvalue weighted by Crippen LogP contribution is -2.42. The van der Waals surface area contributed by atoms with Crippen LogP contribution in [0.3, 0.4) is 0 Å². The summed E-state index contributed by atoms with van der Waals surface area (Å²) in [6.45, 7) is 7.84. The molecule has 3 unspecified atom stereocenters. The molecule has 4 heteroatoms. The summed E-state index contributed by atoms with van der Waals surface area (Å²) in [5, 5.41) is 12.6. The van der Waals surface area contributed by atoms with Gasteiger partial charge in [0.25, 0.3) is 0 Å². The van der Waals surface area contributed by atoms with Crippen molar-refractivity contribution in [1.82, 2.24) is 5.32 Å². The zero-order valence-corrected chi connectivity index (χ0v) is 11.6. The molecule has 0 heterocycles. The van der Waals surface area contributed by atoms with E-state index < -0.39 is 5.60 Å². The second-order valence-corrected chi connectivity index (χ2v) is 5.38. The van der Waals surface area contributed by atoms with Crippen molar-refractivity contribution < 1.29 is 9.90 Å². The highest BCUT2D eigenvalue weighted by atomic mass is 16.3. The molecular formula is C13H28N2O2. The Kier molecular flexibility index (Phi) is 7.39. The van der Waals surface area contributed by atoms with E-state index in [1.54, 1.807) is 6.92 Å². The third kappa shape index (κ3) is 8.16. The standard InChI is InChI=1S/C13H28N2O2/c1-5-13(4,17)9-15-12(16)10(2)7-6-8-11(3)14/h10-11,17H,5-9,14H2,1-4H3,(H,15,16). The average molecular weight is 244 g/mol. The van der Waals surface area contributed by atoms with Crippen LogP contribution in [0.1, 0.15) is 53.4 Å². The summed E-state index contributed by atoms with van der Waals surface area (Å²) < 4.78 is 0. The van der Waals surface area contributed by atoms with Gasteiger partial charge in [-0.1, -0.05) is 20.3 Å². The first-order chi connectivity index (χ1) is 7.78. The Morgan fingerprint density at radius 3 is 2.47 bits per heavy atom. The normalized spacial score (nSPS) is 18.2. The molecule has 0 aromatic heterocycles. The van der Waals surface area contributed by atoms with Gasteiger partial charge in [0.15, 0.2) is 0 Å². The summed E-state index contributed by atoms with van der Waals surface area (Å²) in [6.07, 6.45) is 3.40. The number of carbonyl (C=O) groups is 1. The third-order valence-corrected chi connectivity index (χ3v) is 3.15. The molecule has 3 atom stereocenters. The predicted molar refractivity (Wildman–Crippen MR) is 70.6 cm³/mol. The summed E-state index contributed by atoms with van der Waals surface area (Å²) in [5.41, 5.74) is 4.85. The minimum atomic E-state index is -0.804. The molecule has 0 rings (SSSR count). The molecule has 0 saturated carbocycles. The first kappa shape index (κ1) is 16.4. The van der Waals surface area contributed by atoms with Gasteiger partial charge in [0.05, 0.1) is 5.60 Å². The molecule has 0 aromatic carbocycles. The number of hydrogen-bond donors (Lipinski definition) is 3. The van der Waals surface area contributed by atoms with E-state index in [9.17, 15) is 9.90 Å². The number of aliphatic hydroxyl groups is 1. The van der Waals surface area contributed by atoms with Gasteiger partial charge >= 0.3 is 0 Å². The molecule has 0 fully saturated rings. The number of carbonyl (C=O) groups excluding carboxylic acids is 1. The molecule has 0 saturated heterocycles. The number of nitrogens with two attached hydrogens (primary N) is 1.